The van der Waals surface area contributed by atoms with Crippen LogP contribution in [0.5, 0.6) is 0 Å². The predicted molar refractivity (Wildman–Crippen MR) is 75.2 cm³/mol. The van der Waals surface area contributed by atoms with Crippen LogP contribution in [0.2, 0.25) is 0 Å². The topological polar surface area (TPSA) is 68.1 Å². The summed E-state index contributed by atoms with van der Waals surface area (Å²) in [6, 6.07) is 1.95. The van der Waals surface area contributed by atoms with E-state index in [2.05, 4.69) is 24.1 Å². The minimum absolute atomic E-state index is 0.105. The summed E-state index contributed by atoms with van der Waals surface area (Å²) in [6.07, 6.45) is 5.09. The van der Waals surface area contributed by atoms with Crippen LogP contribution in [0.1, 0.15) is 38.7 Å². The number of aryl methyl sites for hydroxylation is 1. The van der Waals surface area contributed by atoms with Gasteiger partial charge in [-0.05, 0) is 31.2 Å². The number of anilines is 1. The first-order valence-electron chi connectivity index (χ1n) is 6.87. The quantitative estimate of drug-likeness (QED) is 0.669. The van der Waals surface area contributed by atoms with Gasteiger partial charge in [-0.25, -0.2) is 4.98 Å². The smallest absolute Gasteiger partial charge is 0.314 e. The van der Waals surface area contributed by atoms with Crippen molar-refractivity contribution in [3.63, 3.8) is 0 Å². The Hall–Kier alpha value is -1.65. The lowest BCUT2D eigenvalue weighted by Crippen LogP contribution is -2.35. The zero-order valence-corrected chi connectivity index (χ0v) is 11.7. The fourth-order valence-electron chi connectivity index (χ4n) is 2.85. The summed E-state index contributed by atoms with van der Waals surface area (Å²) in [6.45, 7) is 6.21. The van der Waals surface area contributed by atoms with Crippen molar-refractivity contribution in [2.45, 2.75) is 46.1 Å². The van der Waals surface area contributed by atoms with Crippen LogP contribution >= 0.6 is 0 Å². The molecule has 0 bridgehead atoms. The third-order valence-corrected chi connectivity index (χ3v) is 4.34. The van der Waals surface area contributed by atoms with E-state index < -0.39 is 0 Å². The van der Waals surface area contributed by atoms with Crippen LogP contribution < -0.4 is 5.32 Å². The van der Waals surface area contributed by atoms with Crippen LogP contribution in [0, 0.1) is 28.9 Å². The highest BCUT2D eigenvalue weighted by atomic mass is 16.6. The second-order valence-corrected chi connectivity index (χ2v) is 5.60. The van der Waals surface area contributed by atoms with Crippen molar-refractivity contribution < 1.29 is 4.92 Å². The van der Waals surface area contributed by atoms with Gasteiger partial charge < -0.3 is 5.32 Å². The van der Waals surface area contributed by atoms with Crippen molar-refractivity contribution in [3.05, 3.63) is 27.9 Å². The largest absolute Gasteiger partial charge is 0.361 e. The van der Waals surface area contributed by atoms with Crippen molar-refractivity contribution in [1.82, 2.24) is 4.98 Å². The lowest BCUT2D eigenvalue weighted by molar-refractivity contribution is -0.384. The normalized spacial score (nSPS) is 27.0. The SMILES string of the molecule is Cc1ccnc(NC2CCCC(C)C2C)c1[N+](=O)[O-]. The Morgan fingerprint density at radius 3 is 2.84 bits per heavy atom. The summed E-state index contributed by atoms with van der Waals surface area (Å²) < 4.78 is 0. The van der Waals surface area contributed by atoms with Gasteiger partial charge in [-0.3, -0.25) is 10.1 Å². The van der Waals surface area contributed by atoms with E-state index in [1.165, 1.54) is 12.8 Å². The van der Waals surface area contributed by atoms with Crippen LogP contribution in [0.25, 0.3) is 0 Å². The molecule has 0 amide bonds. The molecule has 1 aromatic rings. The van der Waals surface area contributed by atoms with Gasteiger partial charge in [-0.15, -0.1) is 0 Å². The van der Waals surface area contributed by atoms with Crippen LogP contribution in [-0.2, 0) is 0 Å². The van der Waals surface area contributed by atoms with Gasteiger partial charge in [-0.2, -0.15) is 0 Å². The van der Waals surface area contributed by atoms with Crippen molar-refractivity contribution in [1.29, 1.82) is 0 Å². The summed E-state index contributed by atoms with van der Waals surface area (Å²) in [7, 11) is 0. The fourth-order valence-corrected chi connectivity index (χ4v) is 2.85. The highest BCUT2D eigenvalue weighted by Crippen LogP contribution is 2.33. The molecular formula is C14H21N3O2. The highest BCUT2D eigenvalue weighted by molar-refractivity contribution is 5.60. The third-order valence-electron chi connectivity index (χ3n) is 4.34. The van der Waals surface area contributed by atoms with Crippen molar-refractivity contribution in [2.24, 2.45) is 11.8 Å². The number of rotatable bonds is 3. The monoisotopic (exact) mass is 263 g/mol. The molecule has 3 atom stereocenters. The molecule has 104 valence electrons. The van der Waals surface area contributed by atoms with Crippen LogP contribution in [-0.4, -0.2) is 15.9 Å². The first-order chi connectivity index (χ1) is 9.00. The molecule has 0 spiro atoms. The van der Waals surface area contributed by atoms with E-state index in [0.717, 1.165) is 6.42 Å². The Bertz CT molecular complexity index is 476. The van der Waals surface area contributed by atoms with Crippen molar-refractivity contribution in [2.75, 3.05) is 5.32 Å². The first-order valence-corrected chi connectivity index (χ1v) is 6.87. The number of aromatic nitrogens is 1. The van der Waals surface area contributed by atoms with Gasteiger partial charge in [0.2, 0.25) is 5.82 Å². The molecule has 1 N–H and O–H groups in total. The Labute approximate surface area is 113 Å². The van der Waals surface area contributed by atoms with E-state index in [0.29, 0.717) is 23.2 Å². The Morgan fingerprint density at radius 2 is 2.16 bits per heavy atom. The van der Waals surface area contributed by atoms with Crippen molar-refractivity contribution >= 4 is 11.5 Å². The molecule has 2 rings (SSSR count). The van der Waals surface area contributed by atoms with Crippen molar-refractivity contribution in [3.8, 4) is 0 Å². The molecule has 1 fully saturated rings. The van der Waals surface area contributed by atoms with E-state index in [-0.39, 0.29) is 16.7 Å². The molecule has 0 aromatic carbocycles. The zero-order chi connectivity index (χ0) is 14.0. The minimum atomic E-state index is -0.346. The van der Waals surface area contributed by atoms with Gasteiger partial charge in [-0.1, -0.05) is 26.7 Å². The maximum absolute atomic E-state index is 11.2. The van der Waals surface area contributed by atoms with Crippen LogP contribution in [0.4, 0.5) is 11.5 Å². The maximum atomic E-state index is 11.2. The number of nitrogens with one attached hydrogen (secondary N) is 1. The summed E-state index contributed by atoms with van der Waals surface area (Å²) >= 11 is 0. The van der Waals surface area contributed by atoms with Gasteiger partial charge in [0.25, 0.3) is 0 Å². The molecule has 3 unspecified atom stereocenters. The minimum Gasteiger partial charge on any atom is -0.361 e. The second-order valence-electron chi connectivity index (χ2n) is 5.60. The maximum Gasteiger partial charge on any atom is 0.314 e. The molecule has 1 aliphatic carbocycles. The molecule has 0 aliphatic heterocycles. The summed E-state index contributed by atoms with van der Waals surface area (Å²) in [5.41, 5.74) is 0.756. The molecule has 19 heavy (non-hydrogen) atoms. The summed E-state index contributed by atoms with van der Waals surface area (Å²) in [5, 5.41) is 14.5. The molecule has 1 aliphatic rings. The van der Waals surface area contributed by atoms with Gasteiger partial charge in [0.05, 0.1) is 4.92 Å². The third kappa shape index (κ3) is 2.85. The summed E-state index contributed by atoms with van der Waals surface area (Å²) in [4.78, 5) is 15.0. The Kier molecular flexibility index (Phi) is 4.02. The lowest BCUT2D eigenvalue weighted by atomic mass is 9.78. The molecule has 0 saturated heterocycles. The molecular weight excluding hydrogens is 242 g/mol. The van der Waals surface area contributed by atoms with E-state index in [1.807, 2.05) is 0 Å². The number of nitro groups is 1. The first kappa shape index (κ1) is 13.8. The standard InChI is InChI=1S/C14H21N3O2/c1-9-5-4-6-12(11(9)3)16-14-13(17(18)19)10(2)7-8-15-14/h7-9,11-12H,4-6H2,1-3H3,(H,15,16). The van der Waals surface area contributed by atoms with Crippen LogP contribution in [0.3, 0.4) is 0 Å². The molecule has 1 heterocycles. The number of hydrogen-bond acceptors (Lipinski definition) is 4. The van der Waals surface area contributed by atoms with Gasteiger partial charge in [0.15, 0.2) is 0 Å². The zero-order valence-electron chi connectivity index (χ0n) is 11.7. The second kappa shape index (κ2) is 5.55. The van der Waals surface area contributed by atoms with E-state index >= 15 is 0 Å². The van der Waals surface area contributed by atoms with E-state index in [1.54, 1.807) is 19.2 Å². The van der Waals surface area contributed by atoms with E-state index in [9.17, 15) is 10.1 Å². The summed E-state index contributed by atoms with van der Waals surface area (Å²) in [5.74, 6) is 1.57. The number of nitrogens with zero attached hydrogens (tertiary/aromatic N) is 2. The highest BCUT2D eigenvalue weighted by Gasteiger charge is 2.29. The van der Waals surface area contributed by atoms with Gasteiger partial charge in [0, 0.05) is 17.8 Å². The van der Waals surface area contributed by atoms with E-state index in [4.69, 9.17) is 0 Å². The molecule has 0 radical (unpaired) electrons. The molecule has 1 aromatic heterocycles. The van der Waals surface area contributed by atoms with Crippen LogP contribution in [0.15, 0.2) is 12.3 Å². The molecule has 1 saturated carbocycles. The number of pyridine rings is 1. The average Bonchev–Trinajstić information content (AvgIpc) is 2.34. The van der Waals surface area contributed by atoms with Gasteiger partial charge >= 0.3 is 5.69 Å². The molecule has 5 nitrogen and oxygen atoms in total. The average molecular weight is 263 g/mol. The predicted octanol–water partition coefficient (Wildman–Crippen LogP) is 3.53. The Balaban J connectivity index is 2.23. The fraction of sp³-hybridized carbons (Fsp3) is 0.643. The Morgan fingerprint density at radius 1 is 1.42 bits per heavy atom. The van der Waals surface area contributed by atoms with Gasteiger partial charge in [0.1, 0.15) is 0 Å². The lowest BCUT2D eigenvalue weighted by Gasteiger charge is -2.34. The molecule has 5 heteroatoms. The number of hydrogen-bond donors (Lipinski definition) is 1.